The Hall–Kier alpha value is -0.500. The third kappa shape index (κ3) is 7.75. The molecule has 16 heavy (non-hydrogen) atoms. The second-order valence-electron chi connectivity index (χ2n) is 4.44. The zero-order valence-corrected chi connectivity index (χ0v) is 12.0. The van der Waals surface area contributed by atoms with Crippen LogP contribution in [-0.2, 0) is 4.79 Å². The largest absolute Gasteiger partial charge is 0.299 e. The van der Waals surface area contributed by atoms with E-state index in [-0.39, 0.29) is 11.0 Å². The number of thioether (sulfide) groups is 1. The van der Waals surface area contributed by atoms with E-state index in [1.165, 1.54) is 11.1 Å². The highest BCUT2D eigenvalue weighted by Crippen LogP contribution is 2.15. The molecule has 0 aliphatic carbocycles. The maximum atomic E-state index is 11.2. The van der Waals surface area contributed by atoms with E-state index in [4.69, 9.17) is 0 Å². The zero-order chi connectivity index (χ0) is 12.6. The van der Waals surface area contributed by atoms with Crippen molar-refractivity contribution in [3.8, 4) is 0 Å². The van der Waals surface area contributed by atoms with Gasteiger partial charge in [0.1, 0.15) is 5.78 Å². The fourth-order valence-electron chi connectivity index (χ4n) is 1.43. The van der Waals surface area contributed by atoms with Crippen LogP contribution in [0.3, 0.4) is 0 Å². The first kappa shape index (κ1) is 15.5. The molecule has 0 saturated carbocycles. The van der Waals surface area contributed by atoms with Gasteiger partial charge in [0.2, 0.25) is 0 Å². The van der Waals surface area contributed by atoms with Gasteiger partial charge in [0.05, 0.1) is 5.25 Å². The van der Waals surface area contributed by atoms with Crippen molar-refractivity contribution in [2.45, 2.75) is 52.2 Å². The molecule has 0 amide bonds. The predicted molar refractivity (Wildman–Crippen MR) is 75.0 cm³/mol. The lowest BCUT2D eigenvalue weighted by Gasteiger charge is -2.08. The number of carbonyl (C=O) groups is 1. The van der Waals surface area contributed by atoms with E-state index in [9.17, 15) is 4.79 Å². The van der Waals surface area contributed by atoms with Crippen LogP contribution in [0.15, 0.2) is 23.3 Å². The van der Waals surface area contributed by atoms with Crippen molar-refractivity contribution in [3.63, 3.8) is 0 Å². The van der Waals surface area contributed by atoms with Crippen LogP contribution in [0.1, 0.15) is 47.0 Å². The second kappa shape index (κ2) is 8.63. The highest BCUT2D eigenvalue weighted by atomic mass is 32.2. The molecule has 0 aromatic carbocycles. The normalized spacial score (nSPS) is 13.4. The minimum absolute atomic E-state index is 0.137. The molecule has 0 heterocycles. The van der Waals surface area contributed by atoms with E-state index < -0.39 is 0 Å². The van der Waals surface area contributed by atoms with Crippen LogP contribution < -0.4 is 0 Å². The van der Waals surface area contributed by atoms with E-state index in [0.29, 0.717) is 0 Å². The number of hydrogen-bond acceptors (Lipinski definition) is 2. The maximum absolute atomic E-state index is 11.2. The standard InChI is InChI=1S/C14H24OS/c1-11(2)7-6-8-12(3)9-10-14(16-5)13(4)15/h7,9,14H,6,8,10H2,1-5H3/b12-9+/t14-/m1/s1. The SMILES string of the molecule is CS[C@H](C/C=C(\C)CCC=C(C)C)C(C)=O. The van der Waals surface area contributed by atoms with Crippen molar-refractivity contribution < 1.29 is 4.79 Å². The van der Waals surface area contributed by atoms with Gasteiger partial charge in [-0.15, -0.1) is 0 Å². The quantitative estimate of drug-likeness (QED) is 0.614. The molecule has 0 N–H and O–H groups in total. The number of ketones is 1. The average molecular weight is 240 g/mol. The number of hydrogen-bond donors (Lipinski definition) is 0. The number of Topliss-reactive ketones (excluding diaryl/α,β-unsaturated/α-hetero) is 1. The summed E-state index contributed by atoms with van der Waals surface area (Å²) in [4.78, 5) is 11.2. The predicted octanol–water partition coefficient (Wildman–Crippen LogP) is 4.39. The number of rotatable bonds is 7. The summed E-state index contributed by atoms with van der Waals surface area (Å²) in [6, 6.07) is 0. The molecule has 92 valence electrons. The smallest absolute Gasteiger partial charge is 0.143 e. The van der Waals surface area contributed by atoms with E-state index >= 15 is 0 Å². The van der Waals surface area contributed by atoms with Gasteiger partial charge in [-0.05, 0) is 53.2 Å². The Morgan fingerprint density at radius 3 is 2.25 bits per heavy atom. The topological polar surface area (TPSA) is 17.1 Å². The Bertz CT molecular complexity index is 272. The first-order chi connectivity index (χ1) is 7.47. The van der Waals surface area contributed by atoms with Gasteiger partial charge in [0.15, 0.2) is 0 Å². The summed E-state index contributed by atoms with van der Waals surface area (Å²) >= 11 is 1.64. The summed E-state index contributed by atoms with van der Waals surface area (Å²) in [6.45, 7) is 8.07. The van der Waals surface area contributed by atoms with Gasteiger partial charge in [-0.3, -0.25) is 4.79 Å². The monoisotopic (exact) mass is 240 g/mol. The summed E-state index contributed by atoms with van der Waals surface area (Å²) in [6.07, 6.45) is 9.55. The second-order valence-corrected chi connectivity index (χ2v) is 5.48. The summed E-state index contributed by atoms with van der Waals surface area (Å²) in [7, 11) is 0. The summed E-state index contributed by atoms with van der Waals surface area (Å²) in [5.74, 6) is 0.279. The van der Waals surface area contributed by atoms with Gasteiger partial charge in [0.25, 0.3) is 0 Å². The molecular formula is C14H24OS. The molecule has 0 bridgehead atoms. The van der Waals surface area contributed by atoms with Crippen LogP contribution in [0.25, 0.3) is 0 Å². The van der Waals surface area contributed by atoms with Crippen LogP contribution in [0, 0.1) is 0 Å². The molecule has 0 spiro atoms. The molecule has 0 aliphatic heterocycles. The summed E-state index contributed by atoms with van der Waals surface area (Å²) in [5.41, 5.74) is 2.76. The highest BCUT2D eigenvalue weighted by Gasteiger charge is 2.09. The highest BCUT2D eigenvalue weighted by molar-refractivity contribution is 7.99. The fraction of sp³-hybridized carbons (Fsp3) is 0.643. The molecule has 1 nitrogen and oxygen atoms in total. The van der Waals surface area contributed by atoms with Crippen LogP contribution in [-0.4, -0.2) is 17.3 Å². The third-order valence-corrected chi connectivity index (χ3v) is 3.60. The minimum atomic E-state index is 0.137. The van der Waals surface area contributed by atoms with Gasteiger partial charge < -0.3 is 0 Å². The van der Waals surface area contributed by atoms with Crippen LogP contribution in [0.5, 0.6) is 0 Å². The van der Waals surface area contributed by atoms with Crippen LogP contribution in [0.4, 0.5) is 0 Å². The van der Waals surface area contributed by atoms with Gasteiger partial charge in [-0.25, -0.2) is 0 Å². The lowest BCUT2D eigenvalue weighted by molar-refractivity contribution is -0.116. The lowest BCUT2D eigenvalue weighted by Crippen LogP contribution is -2.11. The molecule has 0 saturated heterocycles. The van der Waals surface area contributed by atoms with E-state index in [0.717, 1.165) is 19.3 Å². The first-order valence-corrected chi connectivity index (χ1v) is 7.08. The lowest BCUT2D eigenvalue weighted by atomic mass is 10.1. The van der Waals surface area contributed by atoms with Crippen molar-refractivity contribution in [1.82, 2.24) is 0 Å². The Balaban J connectivity index is 4.03. The number of allylic oxidation sites excluding steroid dienone is 4. The molecule has 0 fully saturated rings. The molecule has 2 heteroatoms. The zero-order valence-electron chi connectivity index (χ0n) is 11.2. The first-order valence-electron chi connectivity index (χ1n) is 5.79. The molecule has 0 aromatic heterocycles. The van der Waals surface area contributed by atoms with Gasteiger partial charge in [-0.2, -0.15) is 11.8 Å². The molecule has 0 unspecified atom stereocenters. The Morgan fingerprint density at radius 1 is 1.19 bits per heavy atom. The van der Waals surface area contributed by atoms with Crippen molar-refractivity contribution in [3.05, 3.63) is 23.3 Å². The summed E-state index contributed by atoms with van der Waals surface area (Å²) < 4.78 is 0. The van der Waals surface area contributed by atoms with E-state index in [1.54, 1.807) is 18.7 Å². The van der Waals surface area contributed by atoms with Crippen LogP contribution in [0.2, 0.25) is 0 Å². The van der Waals surface area contributed by atoms with E-state index in [2.05, 4.69) is 32.9 Å². The van der Waals surface area contributed by atoms with Gasteiger partial charge in [-0.1, -0.05) is 23.3 Å². The fourth-order valence-corrected chi connectivity index (χ4v) is 2.05. The minimum Gasteiger partial charge on any atom is -0.299 e. The number of carbonyl (C=O) groups excluding carboxylic acids is 1. The molecule has 0 aromatic rings. The van der Waals surface area contributed by atoms with Crippen molar-refractivity contribution >= 4 is 17.5 Å². The van der Waals surface area contributed by atoms with Crippen molar-refractivity contribution in [2.75, 3.05) is 6.26 Å². The Kier molecular flexibility index (Phi) is 8.36. The molecule has 0 rings (SSSR count). The van der Waals surface area contributed by atoms with Crippen molar-refractivity contribution in [1.29, 1.82) is 0 Å². The molecule has 0 radical (unpaired) electrons. The molecule has 1 atom stereocenters. The molecular weight excluding hydrogens is 216 g/mol. The summed E-state index contributed by atoms with van der Waals surface area (Å²) in [5, 5.41) is 0.137. The molecule has 0 aliphatic rings. The van der Waals surface area contributed by atoms with Crippen LogP contribution >= 0.6 is 11.8 Å². The maximum Gasteiger partial charge on any atom is 0.143 e. The van der Waals surface area contributed by atoms with Gasteiger partial charge >= 0.3 is 0 Å². The van der Waals surface area contributed by atoms with Crippen molar-refractivity contribution in [2.24, 2.45) is 0 Å². The van der Waals surface area contributed by atoms with Gasteiger partial charge in [0, 0.05) is 0 Å². The average Bonchev–Trinajstić information content (AvgIpc) is 2.17. The Labute approximate surface area is 104 Å². The van der Waals surface area contributed by atoms with E-state index in [1.807, 2.05) is 6.26 Å². The third-order valence-electron chi connectivity index (χ3n) is 2.51. The Morgan fingerprint density at radius 2 is 1.81 bits per heavy atom.